The molecule has 194 valence electrons. The first-order valence-electron chi connectivity index (χ1n) is 9.93. The average molecular weight is 521 g/mol. The van der Waals surface area contributed by atoms with Gasteiger partial charge in [-0.05, 0) is 11.1 Å². The molecule has 0 aliphatic carbocycles. The van der Waals surface area contributed by atoms with E-state index in [0.29, 0.717) is 39.3 Å². The monoisotopic (exact) mass is 520 g/mol. The quantitative estimate of drug-likeness (QED) is 0.127. The molecule has 0 fully saturated rings. The van der Waals surface area contributed by atoms with Crippen LogP contribution in [0.5, 0.6) is 0 Å². The van der Waals surface area contributed by atoms with Crippen LogP contribution in [0.3, 0.4) is 0 Å². The van der Waals surface area contributed by atoms with Crippen molar-refractivity contribution in [3.63, 3.8) is 0 Å². The van der Waals surface area contributed by atoms with Crippen molar-refractivity contribution in [2.24, 2.45) is 0 Å². The van der Waals surface area contributed by atoms with Gasteiger partial charge >= 0.3 is 16.5 Å². The maximum atomic E-state index is 10.2. The summed E-state index contributed by atoms with van der Waals surface area (Å²) < 4.78 is 0. The Hall–Kier alpha value is -1.67. The summed E-state index contributed by atoms with van der Waals surface area (Å²) in [5.41, 5.74) is -0.111. The van der Waals surface area contributed by atoms with Crippen molar-refractivity contribution >= 4 is 11.9 Å². The Kier molecular flexibility index (Phi) is 27.2. The van der Waals surface area contributed by atoms with Crippen LogP contribution in [0.4, 0.5) is 0 Å². The van der Waals surface area contributed by atoms with Crippen molar-refractivity contribution in [3.05, 3.63) is 35.4 Å². The van der Waals surface area contributed by atoms with E-state index in [-0.39, 0.29) is 67.3 Å². The van der Waals surface area contributed by atoms with E-state index in [1.54, 1.807) is 9.80 Å². The summed E-state index contributed by atoms with van der Waals surface area (Å²) in [6, 6.07) is 4.61. The molecule has 0 atom stereocenters. The third-order valence-electron chi connectivity index (χ3n) is 3.85. The average Bonchev–Trinajstić information content (AvgIpc) is 2.76. The third kappa shape index (κ3) is 20.7. The molecule has 13 heteroatoms. The molecule has 0 unspecified atom stereocenters. The van der Waals surface area contributed by atoms with E-state index in [2.05, 4.69) is 0 Å². The fourth-order valence-electron chi connectivity index (χ4n) is 2.26. The van der Waals surface area contributed by atoms with Crippen molar-refractivity contribution in [3.8, 4) is 0 Å². The van der Waals surface area contributed by atoms with Gasteiger partial charge in [0, 0.05) is 39.3 Å². The molecular weight excluding hydrogens is 487 g/mol. The second-order valence-corrected chi connectivity index (χ2v) is 6.18. The van der Waals surface area contributed by atoms with Crippen LogP contribution >= 0.6 is 0 Å². The molecular formula is C20H34N2NiO10. The van der Waals surface area contributed by atoms with Crippen LogP contribution < -0.4 is 10.2 Å². The molecule has 1 aromatic carbocycles. The van der Waals surface area contributed by atoms with Crippen LogP contribution in [0, 0.1) is 0 Å². The Labute approximate surface area is 203 Å². The van der Waals surface area contributed by atoms with Crippen LogP contribution in [0.15, 0.2) is 24.3 Å². The largest absolute Gasteiger partial charge is 2.00 e. The van der Waals surface area contributed by atoms with Gasteiger partial charge in [-0.2, -0.15) is 0 Å². The number of rotatable bonds is 14. The van der Waals surface area contributed by atoms with Gasteiger partial charge in [-0.15, -0.1) is 0 Å². The zero-order valence-electron chi connectivity index (χ0n) is 18.3. The first-order valence-corrected chi connectivity index (χ1v) is 9.93. The van der Waals surface area contributed by atoms with Gasteiger partial charge in [0.15, 0.2) is 0 Å². The van der Waals surface area contributed by atoms with E-state index < -0.39 is 11.9 Å². The smallest absolute Gasteiger partial charge is 0.545 e. The summed E-state index contributed by atoms with van der Waals surface area (Å²) in [5, 5.41) is 71.3. The predicted octanol–water partition coefficient (Wildman–Crippen LogP) is -5.06. The zero-order chi connectivity index (χ0) is 24.8. The SMILES string of the molecule is O=C([O-])c1ccc(C(=O)[O-])cc1.OCCN(CCO)CCO.OCCN(CCO)CCO.[Ni+2]. The molecule has 0 spiro atoms. The molecule has 0 saturated carbocycles. The molecule has 0 bridgehead atoms. The number of benzene rings is 1. The number of aliphatic hydroxyl groups excluding tert-OH is 6. The van der Waals surface area contributed by atoms with Crippen molar-refractivity contribution < 1.29 is 66.9 Å². The molecule has 1 rings (SSSR count). The normalized spacial score (nSPS) is 9.94. The molecule has 0 aliphatic rings. The maximum Gasteiger partial charge on any atom is 2.00 e. The summed E-state index contributed by atoms with van der Waals surface area (Å²) in [6.07, 6.45) is 0. The molecule has 0 heterocycles. The predicted molar refractivity (Wildman–Crippen MR) is 110 cm³/mol. The number of carboxylic acids is 2. The fraction of sp³-hybridized carbons (Fsp3) is 0.600. The molecule has 12 nitrogen and oxygen atoms in total. The van der Waals surface area contributed by atoms with Gasteiger partial charge in [-0.1, -0.05) is 24.3 Å². The minimum absolute atomic E-state index is 0. The third-order valence-corrected chi connectivity index (χ3v) is 3.85. The minimum atomic E-state index is -1.33. The van der Waals surface area contributed by atoms with Crippen molar-refractivity contribution in [2.75, 3.05) is 78.9 Å². The van der Waals surface area contributed by atoms with Crippen LogP contribution in [-0.4, -0.2) is 131 Å². The number of carboxylic acid groups (broad SMARTS) is 2. The van der Waals surface area contributed by atoms with E-state index in [4.69, 9.17) is 30.6 Å². The first kappa shape index (κ1) is 35.9. The van der Waals surface area contributed by atoms with Gasteiger partial charge in [0.25, 0.3) is 0 Å². The van der Waals surface area contributed by atoms with Gasteiger partial charge in [-0.3, -0.25) is 9.80 Å². The fourth-order valence-corrected chi connectivity index (χ4v) is 2.26. The number of carbonyl (C=O) groups excluding carboxylic acids is 2. The number of carbonyl (C=O) groups is 2. The zero-order valence-corrected chi connectivity index (χ0v) is 19.3. The molecule has 0 amide bonds. The molecule has 0 saturated heterocycles. The number of aliphatic hydroxyl groups is 6. The van der Waals surface area contributed by atoms with Crippen LogP contribution in [0.2, 0.25) is 0 Å². The van der Waals surface area contributed by atoms with Crippen LogP contribution in [0.1, 0.15) is 20.7 Å². The maximum absolute atomic E-state index is 10.2. The van der Waals surface area contributed by atoms with Gasteiger partial charge < -0.3 is 50.4 Å². The van der Waals surface area contributed by atoms with Crippen LogP contribution in [-0.2, 0) is 16.5 Å². The van der Waals surface area contributed by atoms with E-state index in [1.165, 1.54) is 0 Å². The Morgan fingerprint density at radius 2 is 0.727 bits per heavy atom. The topological polar surface area (TPSA) is 208 Å². The van der Waals surface area contributed by atoms with Crippen molar-refractivity contribution in [2.45, 2.75) is 0 Å². The van der Waals surface area contributed by atoms with Gasteiger partial charge in [0.2, 0.25) is 0 Å². The van der Waals surface area contributed by atoms with Gasteiger partial charge in [0.05, 0.1) is 51.6 Å². The van der Waals surface area contributed by atoms with Gasteiger partial charge in [0.1, 0.15) is 0 Å². The van der Waals surface area contributed by atoms with E-state index in [9.17, 15) is 19.8 Å². The summed E-state index contributed by atoms with van der Waals surface area (Å²) in [4.78, 5) is 24.0. The second-order valence-electron chi connectivity index (χ2n) is 6.18. The number of aromatic carboxylic acids is 2. The Morgan fingerprint density at radius 3 is 0.848 bits per heavy atom. The Bertz CT molecular complexity index is 513. The van der Waals surface area contributed by atoms with Crippen molar-refractivity contribution in [1.82, 2.24) is 9.80 Å². The first-order chi connectivity index (χ1) is 15.3. The Balaban J connectivity index is -0.000000406. The molecule has 1 aromatic rings. The second kappa shape index (κ2) is 25.0. The molecule has 0 radical (unpaired) electrons. The van der Waals surface area contributed by atoms with Gasteiger partial charge in [-0.25, -0.2) is 0 Å². The van der Waals surface area contributed by atoms with Crippen LogP contribution in [0.25, 0.3) is 0 Å². The van der Waals surface area contributed by atoms with E-state index in [0.717, 1.165) is 24.3 Å². The Morgan fingerprint density at radius 1 is 0.545 bits per heavy atom. The molecule has 33 heavy (non-hydrogen) atoms. The number of nitrogens with zero attached hydrogens (tertiary/aromatic N) is 2. The van der Waals surface area contributed by atoms with E-state index >= 15 is 0 Å². The summed E-state index contributed by atoms with van der Waals surface area (Å²) in [5.74, 6) is -2.67. The standard InChI is InChI=1S/C8H6O4.2C6H15NO3.Ni/c9-7(10)5-1-2-6(4-3-5)8(11)12;2*8-4-1-7(2-5-9)3-6-10;/h1-4H,(H,9,10)(H,11,12);2*8-10H,1-6H2;/q;;;+2/p-2. The molecule has 0 aromatic heterocycles. The summed E-state index contributed by atoms with van der Waals surface area (Å²) >= 11 is 0. The number of hydrogen-bond acceptors (Lipinski definition) is 12. The summed E-state index contributed by atoms with van der Waals surface area (Å²) in [6.45, 7) is 3.51. The molecule has 6 N–H and O–H groups in total. The van der Waals surface area contributed by atoms with E-state index in [1.807, 2.05) is 0 Å². The number of hydrogen-bond donors (Lipinski definition) is 6. The van der Waals surface area contributed by atoms with Crippen molar-refractivity contribution in [1.29, 1.82) is 0 Å². The summed E-state index contributed by atoms with van der Waals surface area (Å²) in [7, 11) is 0. The molecule has 0 aliphatic heterocycles. The minimum Gasteiger partial charge on any atom is -0.545 e.